The summed E-state index contributed by atoms with van der Waals surface area (Å²) in [5, 5.41) is 3.64. The van der Waals surface area contributed by atoms with Crippen molar-refractivity contribution in [3.8, 4) is 0 Å². The molecule has 0 bridgehead atoms. The van der Waals surface area contributed by atoms with Gasteiger partial charge in [0, 0.05) is 11.7 Å². The molecule has 0 aliphatic heterocycles. The fourth-order valence-electron chi connectivity index (χ4n) is 2.64. The van der Waals surface area contributed by atoms with Gasteiger partial charge in [0.25, 0.3) is 0 Å². The van der Waals surface area contributed by atoms with Crippen LogP contribution in [0.1, 0.15) is 39.5 Å². The van der Waals surface area contributed by atoms with Gasteiger partial charge >= 0.3 is 0 Å². The van der Waals surface area contributed by atoms with E-state index in [-0.39, 0.29) is 10.8 Å². The minimum absolute atomic E-state index is 0.185. The largest absolute Gasteiger partial charge is 0.382 e. The molecule has 1 nitrogen and oxygen atoms in total. The fourth-order valence-corrected chi connectivity index (χ4v) is 2.82. The third-order valence-electron chi connectivity index (χ3n) is 3.50. The van der Waals surface area contributed by atoms with Gasteiger partial charge in [-0.25, -0.2) is 4.39 Å². The average molecular weight is 256 g/mol. The van der Waals surface area contributed by atoms with Gasteiger partial charge in [0.15, 0.2) is 0 Å². The van der Waals surface area contributed by atoms with Crippen LogP contribution in [0.2, 0.25) is 5.02 Å². The summed E-state index contributed by atoms with van der Waals surface area (Å²) >= 11 is 5.77. The maximum Gasteiger partial charge on any atom is 0.141 e. The first-order valence-corrected chi connectivity index (χ1v) is 6.56. The highest BCUT2D eigenvalue weighted by Crippen LogP contribution is 2.36. The summed E-state index contributed by atoms with van der Waals surface area (Å²) in [5.74, 6) is -0.360. The first-order valence-electron chi connectivity index (χ1n) is 6.18. The number of nitrogens with one attached hydrogen (secondary N) is 1. The molecular formula is C14H19ClFN. The second kappa shape index (κ2) is 4.85. The molecule has 1 saturated carbocycles. The van der Waals surface area contributed by atoms with Gasteiger partial charge in [0.1, 0.15) is 5.82 Å². The molecule has 0 aromatic heterocycles. The minimum atomic E-state index is -0.360. The molecular weight excluding hydrogens is 237 g/mol. The van der Waals surface area contributed by atoms with Crippen molar-refractivity contribution in [2.75, 3.05) is 5.32 Å². The van der Waals surface area contributed by atoms with E-state index in [9.17, 15) is 4.39 Å². The Balaban J connectivity index is 2.03. The SMILES string of the molecule is CC1(C)CCCC(Nc2ccc(F)c(Cl)c2)C1. The number of hydrogen-bond donors (Lipinski definition) is 1. The Bertz CT molecular complexity index is 403. The molecule has 0 radical (unpaired) electrons. The van der Waals surface area contributed by atoms with E-state index in [1.54, 1.807) is 12.1 Å². The molecule has 1 aromatic carbocycles. The highest BCUT2D eigenvalue weighted by Gasteiger charge is 2.27. The Morgan fingerprint density at radius 2 is 2.18 bits per heavy atom. The van der Waals surface area contributed by atoms with E-state index in [1.165, 1.54) is 25.3 Å². The summed E-state index contributed by atoms with van der Waals surface area (Å²) < 4.78 is 13.0. The van der Waals surface area contributed by atoms with Gasteiger partial charge in [-0.1, -0.05) is 31.9 Å². The van der Waals surface area contributed by atoms with Crippen LogP contribution in [-0.4, -0.2) is 6.04 Å². The average Bonchev–Trinajstić information content (AvgIpc) is 2.22. The highest BCUT2D eigenvalue weighted by molar-refractivity contribution is 6.31. The van der Waals surface area contributed by atoms with Crippen molar-refractivity contribution < 1.29 is 4.39 Å². The Morgan fingerprint density at radius 3 is 2.82 bits per heavy atom. The molecule has 0 heterocycles. The first-order chi connectivity index (χ1) is 7.96. The van der Waals surface area contributed by atoms with Crippen molar-refractivity contribution >= 4 is 17.3 Å². The lowest BCUT2D eigenvalue weighted by atomic mass is 9.75. The third-order valence-corrected chi connectivity index (χ3v) is 3.79. The van der Waals surface area contributed by atoms with Crippen molar-refractivity contribution in [3.05, 3.63) is 29.0 Å². The van der Waals surface area contributed by atoms with Gasteiger partial charge in [0.05, 0.1) is 5.02 Å². The second-order valence-electron chi connectivity index (χ2n) is 5.73. The molecule has 1 unspecified atom stereocenters. The summed E-state index contributed by atoms with van der Waals surface area (Å²) in [6.45, 7) is 4.61. The van der Waals surface area contributed by atoms with Crippen LogP contribution in [0.25, 0.3) is 0 Å². The Labute approximate surface area is 107 Å². The molecule has 0 saturated heterocycles. The molecule has 1 aliphatic carbocycles. The monoisotopic (exact) mass is 255 g/mol. The van der Waals surface area contributed by atoms with E-state index in [1.807, 2.05) is 0 Å². The van der Waals surface area contributed by atoms with Gasteiger partial charge in [-0.15, -0.1) is 0 Å². The van der Waals surface area contributed by atoms with Crippen molar-refractivity contribution in [1.29, 1.82) is 0 Å². The summed E-state index contributed by atoms with van der Waals surface area (Å²) in [7, 11) is 0. The molecule has 2 rings (SSSR count). The number of hydrogen-bond acceptors (Lipinski definition) is 1. The molecule has 1 atom stereocenters. The summed E-state index contributed by atoms with van der Waals surface area (Å²) in [4.78, 5) is 0. The first kappa shape index (κ1) is 12.7. The van der Waals surface area contributed by atoms with Gasteiger partial charge in [0.2, 0.25) is 0 Å². The van der Waals surface area contributed by atoms with Crippen LogP contribution in [0, 0.1) is 11.2 Å². The Kier molecular flexibility index (Phi) is 3.62. The molecule has 17 heavy (non-hydrogen) atoms. The molecule has 1 N–H and O–H groups in total. The van der Waals surface area contributed by atoms with E-state index in [4.69, 9.17) is 11.6 Å². The predicted molar refractivity (Wildman–Crippen MR) is 71.1 cm³/mol. The van der Waals surface area contributed by atoms with Crippen LogP contribution < -0.4 is 5.32 Å². The predicted octanol–water partition coefficient (Wildman–Crippen LogP) is 4.86. The zero-order chi connectivity index (χ0) is 12.5. The molecule has 0 spiro atoms. The van der Waals surface area contributed by atoms with Crippen LogP contribution in [0.4, 0.5) is 10.1 Å². The molecule has 1 aromatic rings. The molecule has 3 heteroatoms. The molecule has 0 amide bonds. The lowest BCUT2D eigenvalue weighted by molar-refractivity contribution is 0.229. The van der Waals surface area contributed by atoms with E-state index in [2.05, 4.69) is 19.2 Å². The maximum absolute atomic E-state index is 13.0. The van der Waals surface area contributed by atoms with E-state index in [0.29, 0.717) is 11.5 Å². The highest BCUT2D eigenvalue weighted by atomic mass is 35.5. The van der Waals surface area contributed by atoms with Crippen molar-refractivity contribution in [3.63, 3.8) is 0 Å². The number of halogens is 2. The van der Waals surface area contributed by atoms with Crippen LogP contribution in [0.3, 0.4) is 0 Å². The van der Waals surface area contributed by atoms with Crippen molar-refractivity contribution in [2.24, 2.45) is 5.41 Å². The van der Waals surface area contributed by atoms with Crippen molar-refractivity contribution in [1.82, 2.24) is 0 Å². The molecule has 1 aliphatic rings. The standard InChI is InChI=1S/C14H19ClFN/c1-14(2)7-3-4-11(9-14)17-10-5-6-13(16)12(15)8-10/h5-6,8,11,17H,3-4,7,9H2,1-2H3. The lowest BCUT2D eigenvalue weighted by Gasteiger charge is -2.36. The topological polar surface area (TPSA) is 12.0 Å². The van der Waals surface area contributed by atoms with Gasteiger partial charge < -0.3 is 5.32 Å². The van der Waals surface area contributed by atoms with E-state index < -0.39 is 0 Å². The van der Waals surface area contributed by atoms with Gasteiger partial charge in [-0.05, 0) is 42.9 Å². The summed E-state index contributed by atoms with van der Waals surface area (Å²) in [5.41, 5.74) is 1.32. The van der Waals surface area contributed by atoms with Gasteiger partial charge in [-0.3, -0.25) is 0 Å². The minimum Gasteiger partial charge on any atom is -0.382 e. The van der Waals surface area contributed by atoms with E-state index >= 15 is 0 Å². The Morgan fingerprint density at radius 1 is 1.41 bits per heavy atom. The maximum atomic E-state index is 13.0. The van der Waals surface area contributed by atoms with Crippen LogP contribution in [-0.2, 0) is 0 Å². The fraction of sp³-hybridized carbons (Fsp3) is 0.571. The van der Waals surface area contributed by atoms with Crippen LogP contribution in [0.5, 0.6) is 0 Å². The Hall–Kier alpha value is -0.760. The van der Waals surface area contributed by atoms with Crippen molar-refractivity contribution in [2.45, 2.75) is 45.6 Å². The van der Waals surface area contributed by atoms with Gasteiger partial charge in [-0.2, -0.15) is 0 Å². The number of benzene rings is 1. The number of rotatable bonds is 2. The quantitative estimate of drug-likeness (QED) is 0.796. The zero-order valence-corrected chi connectivity index (χ0v) is 11.1. The smallest absolute Gasteiger partial charge is 0.141 e. The van der Waals surface area contributed by atoms with Crippen LogP contribution in [0.15, 0.2) is 18.2 Å². The second-order valence-corrected chi connectivity index (χ2v) is 6.14. The normalized spacial score (nSPS) is 23.4. The van der Waals surface area contributed by atoms with Crippen LogP contribution >= 0.6 is 11.6 Å². The van der Waals surface area contributed by atoms with E-state index in [0.717, 1.165) is 12.1 Å². The summed E-state index contributed by atoms with van der Waals surface area (Å²) in [6, 6.07) is 5.31. The number of anilines is 1. The summed E-state index contributed by atoms with van der Waals surface area (Å²) in [6.07, 6.45) is 4.87. The lowest BCUT2D eigenvalue weighted by Crippen LogP contribution is -2.31. The third kappa shape index (κ3) is 3.35. The molecule has 94 valence electrons. The molecule has 1 fully saturated rings. The zero-order valence-electron chi connectivity index (χ0n) is 10.4.